The van der Waals surface area contributed by atoms with Crippen molar-refractivity contribution >= 4 is 44.9 Å². The smallest absolute Gasteiger partial charge is 0.337 e. The number of carbonyl (C=O) groups excluding carboxylic acids is 2. The summed E-state index contributed by atoms with van der Waals surface area (Å²) in [7, 11) is -3.09. The summed E-state index contributed by atoms with van der Waals surface area (Å²) in [5.41, 5.74) is 0.758. The maximum absolute atomic E-state index is 14.6. The predicted molar refractivity (Wildman–Crippen MR) is 124 cm³/mol. The van der Waals surface area contributed by atoms with Gasteiger partial charge in [-0.3, -0.25) is 9.10 Å². The minimum Gasteiger partial charge on any atom is -0.465 e. The summed E-state index contributed by atoms with van der Waals surface area (Å²) in [5.74, 6) is -2.25. The Morgan fingerprint density at radius 1 is 1.06 bits per heavy atom. The van der Waals surface area contributed by atoms with E-state index >= 15 is 0 Å². The molecule has 0 fully saturated rings. The zero-order valence-corrected chi connectivity index (χ0v) is 19.3. The highest BCUT2D eigenvalue weighted by molar-refractivity contribution is 7.92. The van der Waals surface area contributed by atoms with Crippen LogP contribution in [0.1, 0.15) is 15.9 Å². The first-order valence-electron chi connectivity index (χ1n) is 9.65. The van der Waals surface area contributed by atoms with Gasteiger partial charge in [0.25, 0.3) is 10.0 Å². The Morgan fingerprint density at radius 2 is 1.73 bits per heavy atom. The molecule has 0 bridgehead atoms. The molecule has 0 unspecified atom stereocenters. The van der Waals surface area contributed by atoms with Gasteiger partial charge < -0.3 is 10.1 Å². The third-order valence-corrected chi connectivity index (χ3v) is 6.78. The van der Waals surface area contributed by atoms with Gasteiger partial charge in [0, 0.05) is 0 Å². The second kappa shape index (κ2) is 10.0. The van der Waals surface area contributed by atoms with E-state index in [1.807, 2.05) is 0 Å². The van der Waals surface area contributed by atoms with E-state index < -0.39 is 34.3 Å². The van der Waals surface area contributed by atoms with Gasteiger partial charge in [0.2, 0.25) is 5.91 Å². The van der Waals surface area contributed by atoms with Crippen molar-refractivity contribution in [2.45, 2.75) is 11.8 Å². The molecule has 0 aliphatic heterocycles. The van der Waals surface area contributed by atoms with Crippen molar-refractivity contribution in [2.75, 3.05) is 23.3 Å². The molecule has 1 amide bonds. The number of benzene rings is 3. The Morgan fingerprint density at radius 3 is 2.36 bits per heavy atom. The first-order valence-corrected chi connectivity index (χ1v) is 11.5. The standard InChI is InChI=1S/C23H20ClFN2O5S/c1-15-7-10-17(11-8-15)33(30,31)27(21-6-4-3-5-19(21)25)14-22(28)26-20-13-16(23(29)32-2)9-12-18(20)24/h3-13H,14H2,1-2H3,(H,26,28). The number of rotatable bonds is 7. The fourth-order valence-corrected chi connectivity index (χ4v) is 4.57. The minimum absolute atomic E-state index is 0.0748. The molecule has 0 heterocycles. The Hall–Kier alpha value is -3.43. The monoisotopic (exact) mass is 490 g/mol. The van der Waals surface area contributed by atoms with Gasteiger partial charge in [0.15, 0.2) is 0 Å². The number of anilines is 2. The Balaban J connectivity index is 1.96. The molecule has 0 aliphatic rings. The fraction of sp³-hybridized carbons (Fsp3) is 0.130. The van der Waals surface area contributed by atoms with Crippen LogP contribution in [0.3, 0.4) is 0 Å². The molecule has 3 rings (SSSR count). The van der Waals surface area contributed by atoms with Crippen LogP contribution in [0.2, 0.25) is 5.02 Å². The van der Waals surface area contributed by atoms with Crippen LogP contribution in [0.15, 0.2) is 71.6 Å². The molecule has 33 heavy (non-hydrogen) atoms. The average Bonchev–Trinajstić information content (AvgIpc) is 2.79. The maximum atomic E-state index is 14.6. The van der Waals surface area contributed by atoms with Crippen LogP contribution in [0.5, 0.6) is 0 Å². The molecule has 0 aromatic heterocycles. The molecule has 0 radical (unpaired) electrons. The van der Waals surface area contributed by atoms with Gasteiger partial charge in [0.05, 0.1) is 34.0 Å². The lowest BCUT2D eigenvalue weighted by molar-refractivity contribution is -0.114. The van der Waals surface area contributed by atoms with Crippen molar-refractivity contribution in [3.8, 4) is 0 Å². The van der Waals surface area contributed by atoms with Crippen LogP contribution < -0.4 is 9.62 Å². The van der Waals surface area contributed by atoms with Crippen LogP contribution >= 0.6 is 11.6 Å². The van der Waals surface area contributed by atoms with Gasteiger partial charge >= 0.3 is 5.97 Å². The van der Waals surface area contributed by atoms with Gasteiger partial charge in [-0.1, -0.05) is 41.4 Å². The SMILES string of the molecule is COC(=O)c1ccc(Cl)c(NC(=O)CN(c2ccccc2F)S(=O)(=O)c2ccc(C)cc2)c1. The molecule has 172 valence electrons. The second-order valence-electron chi connectivity index (χ2n) is 7.01. The Kier molecular flexibility index (Phi) is 7.35. The lowest BCUT2D eigenvalue weighted by atomic mass is 10.2. The number of hydrogen-bond donors (Lipinski definition) is 1. The molecule has 10 heteroatoms. The number of esters is 1. The van der Waals surface area contributed by atoms with Crippen LogP contribution in [0.4, 0.5) is 15.8 Å². The number of carbonyl (C=O) groups is 2. The summed E-state index contributed by atoms with van der Waals surface area (Å²) in [6.45, 7) is 1.06. The number of aryl methyl sites for hydroxylation is 1. The van der Waals surface area contributed by atoms with Crippen molar-refractivity contribution in [1.29, 1.82) is 0 Å². The predicted octanol–water partition coefficient (Wildman–Crippen LogP) is 4.41. The van der Waals surface area contributed by atoms with Gasteiger partial charge in [-0.2, -0.15) is 0 Å². The molecule has 0 spiro atoms. The van der Waals surface area contributed by atoms with Crippen molar-refractivity contribution in [3.05, 3.63) is 88.7 Å². The van der Waals surface area contributed by atoms with E-state index in [4.69, 9.17) is 11.6 Å². The van der Waals surface area contributed by atoms with E-state index in [0.29, 0.717) is 4.31 Å². The number of nitrogens with zero attached hydrogens (tertiary/aromatic N) is 1. The molecule has 3 aromatic rings. The zero-order valence-electron chi connectivity index (χ0n) is 17.7. The lowest BCUT2D eigenvalue weighted by Gasteiger charge is -2.24. The van der Waals surface area contributed by atoms with Gasteiger partial charge in [-0.25, -0.2) is 17.6 Å². The Bertz CT molecular complexity index is 1300. The summed E-state index contributed by atoms with van der Waals surface area (Å²) in [5, 5.41) is 2.59. The quantitative estimate of drug-likeness (QED) is 0.495. The molecule has 1 N–H and O–H groups in total. The number of nitrogens with one attached hydrogen (secondary N) is 1. The van der Waals surface area contributed by atoms with E-state index in [0.717, 1.165) is 11.6 Å². The highest BCUT2D eigenvalue weighted by Crippen LogP contribution is 2.28. The highest BCUT2D eigenvalue weighted by atomic mass is 35.5. The minimum atomic E-state index is -4.29. The molecule has 7 nitrogen and oxygen atoms in total. The van der Waals surface area contributed by atoms with Gasteiger partial charge in [-0.05, 0) is 49.4 Å². The van der Waals surface area contributed by atoms with Crippen LogP contribution in [0, 0.1) is 12.7 Å². The molecule has 0 saturated carbocycles. The molecule has 0 saturated heterocycles. The summed E-state index contributed by atoms with van der Waals surface area (Å²) >= 11 is 6.11. The third-order valence-electron chi connectivity index (χ3n) is 4.68. The van der Waals surface area contributed by atoms with Crippen molar-refractivity contribution in [3.63, 3.8) is 0 Å². The lowest BCUT2D eigenvalue weighted by Crippen LogP contribution is -2.38. The van der Waals surface area contributed by atoms with Gasteiger partial charge in [-0.15, -0.1) is 0 Å². The summed E-state index contributed by atoms with van der Waals surface area (Å²) < 4.78 is 46.5. The fourth-order valence-electron chi connectivity index (χ4n) is 2.98. The summed E-state index contributed by atoms with van der Waals surface area (Å²) in [4.78, 5) is 24.5. The largest absolute Gasteiger partial charge is 0.465 e. The molecule has 0 aliphatic carbocycles. The van der Waals surface area contributed by atoms with E-state index in [1.54, 1.807) is 19.1 Å². The van der Waals surface area contributed by atoms with Crippen LogP contribution in [-0.2, 0) is 19.6 Å². The van der Waals surface area contributed by atoms with Crippen molar-refractivity contribution in [2.24, 2.45) is 0 Å². The van der Waals surface area contributed by atoms with E-state index in [9.17, 15) is 22.4 Å². The van der Waals surface area contributed by atoms with Gasteiger partial charge in [0.1, 0.15) is 12.4 Å². The highest BCUT2D eigenvalue weighted by Gasteiger charge is 2.29. The number of para-hydroxylation sites is 1. The Labute approximate surface area is 195 Å². The number of sulfonamides is 1. The third kappa shape index (κ3) is 5.50. The molecular weight excluding hydrogens is 471 g/mol. The number of halogens is 2. The van der Waals surface area contributed by atoms with Crippen molar-refractivity contribution in [1.82, 2.24) is 0 Å². The maximum Gasteiger partial charge on any atom is 0.337 e. The first-order chi connectivity index (χ1) is 15.6. The second-order valence-corrected chi connectivity index (χ2v) is 9.28. The molecule has 0 atom stereocenters. The average molecular weight is 491 g/mol. The van der Waals surface area contributed by atoms with E-state index in [1.165, 1.54) is 55.6 Å². The summed E-state index contributed by atoms with van der Waals surface area (Å²) in [6.07, 6.45) is 0. The van der Waals surface area contributed by atoms with Crippen LogP contribution in [-0.4, -0.2) is 33.9 Å². The zero-order chi connectivity index (χ0) is 24.2. The normalized spacial score (nSPS) is 11.0. The molecule has 3 aromatic carbocycles. The van der Waals surface area contributed by atoms with E-state index in [-0.39, 0.29) is 26.9 Å². The number of methoxy groups -OCH3 is 1. The van der Waals surface area contributed by atoms with E-state index in [2.05, 4.69) is 10.1 Å². The number of hydrogen-bond acceptors (Lipinski definition) is 5. The topological polar surface area (TPSA) is 92.8 Å². The number of ether oxygens (including phenoxy) is 1. The summed E-state index contributed by atoms with van der Waals surface area (Å²) in [6, 6.07) is 15.3. The number of amides is 1. The first kappa shape index (κ1) is 24.2. The van der Waals surface area contributed by atoms with Crippen LogP contribution in [0.25, 0.3) is 0 Å². The van der Waals surface area contributed by atoms with Crippen molar-refractivity contribution < 1.29 is 27.1 Å². The molecular formula is C23H20ClFN2O5S.